The minimum atomic E-state index is -1.23. The van der Waals surface area contributed by atoms with Gasteiger partial charge in [-0.15, -0.1) is 0 Å². The smallest absolute Gasteiger partial charge is 0.326 e. The van der Waals surface area contributed by atoms with Gasteiger partial charge in [0.1, 0.15) is 34.9 Å². The highest BCUT2D eigenvalue weighted by molar-refractivity contribution is 5.95. The maximum absolute atomic E-state index is 14.5. The third-order valence-electron chi connectivity index (χ3n) is 6.45. The SMILES string of the molecule is O=C(Nc1cnn2ccc(N3CCCC3c3cc(F)ccc3F)nc12)NC(Cc1ccc(O)cc1)C(=O)O. The maximum atomic E-state index is 14.5. The first-order valence-corrected chi connectivity index (χ1v) is 11.9. The van der Waals surface area contributed by atoms with E-state index in [-0.39, 0.29) is 23.4 Å². The molecule has 1 fully saturated rings. The molecular weight excluding hydrogens is 498 g/mol. The number of amides is 2. The van der Waals surface area contributed by atoms with E-state index in [4.69, 9.17) is 0 Å². The van der Waals surface area contributed by atoms with Crippen molar-refractivity contribution in [3.05, 3.63) is 83.7 Å². The average Bonchev–Trinajstić information content (AvgIpc) is 3.53. The number of aromatic nitrogens is 3. The van der Waals surface area contributed by atoms with E-state index in [9.17, 15) is 28.6 Å². The quantitative estimate of drug-likeness (QED) is 0.290. The number of carbonyl (C=O) groups excluding carboxylic acids is 1. The third kappa shape index (κ3) is 5.19. The van der Waals surface area contributed by atoms with Crippen molar-refractivity contribution in [1.29, 1.82) is 0 Å². The number of halogens is 2. The number of nitrogens with one attached hydrogen (secondary N) is 2. The second kappa shape index (κ2) is 10.3. The zero-order valence-electron chi connectivity index (χ0n) is 20.0. The summed E-state index contributed by atoms with van der Waals surface area (Å²) >= 11 is 0. The van der Waals surface area contributed by atoms with Crippen LogP contribution in [0.4, 0.5) is 25.1 Å². The van der Waals surface area contributed by atoms with Gasteiger partial charge in [-0.3, -0.25) is 0 Å². The van der Waals surface area contributed by atoms with Crippen LogP contribution in [0.2, 0.25) is 0 Å². The molecule has 1 saturated heterocycles. The van der Waals surface area contributed by atoms with Gasteiger partial charge >= 0.3 is 12.0 Å². The fraction of sp³-hybridized carbons (Fsp3) is 0.231. The molecule has 5 rings (SSSR count). The molecule has 2 amide bonds. The van der Waals surface area contributed by atoms with Gasteiger partial charge in [0.05, 0.1) is 12.2 Å². The van der Waals surface area contributed by atoms with Gasteiger partial charge in [0, 0.05) is 24.7 Å². The van der Waals surface area contributed by atoms with Gasteiger partial charge in [-0.25, -0.2) is 27.9 Å². The molecule has 0 radical (unpaired) electrons. The number of fused-ring (bicyclic) bond motifs is 1. The van der Waals surface area contributed by atoms with Gasteiger partial charge in [0.2, 0.25) is 0 Å². The lowest BCUT2D eigenvalue weighted by Gasteiger charge is -2.26. The van der Waals surface area contributed by atoms with Crippen molar-refractivity contribution in [2.24, 2.45) is 0 Å². The molecule has 0 saturated carbocycles. The summed E-state index contributed by atoms with van der Waals surface area (Å²) in [6.07, 6.45) is 4.42. The molecule has 3 heterocycles. The summed E-state index contributed by atoms with van der Waals surface area (Å²) in [7, 11) is 0. The number of benzene rings is 2. The van der Waals surface area contributed by atoms with E-state index in [0.29, 0.717) is 30.0 Å². The number of carboxylic acids is 1. The summed E-state index contributed by atoms with van der Waals surface area (Å²) in [5.74, 6) is -1.68. The number of carboxylic acid groups (broad SMARTS) is 1. The number of anilines is 2. The van der Waals surface area contributed by atoms with Gasteiger partial charge in [0.15, 0.2) is 5.65 Å². The molecule has 12 heteroatoms. The largest absolute Gasteiger partial charge is 0.508 e. The highest BCUT2D eigenvalue weighted by Gasteiger charge is 2.30. The Kier molecular flexibility index (Phi) is 6.77. The summed E-state index contributed by atoms with van der Waals surface area (Å²) in [4.78, 5) is 30.9. The lowest BCUT2D eigenvalue weighted by molar-refractivity contribution is -0.139. The number of urea groups is 1. The Morgan fingerprint density at radius 3 is 2.68 bits per heavy atom. The van der Waals surface area contributed by atoms with Crippen molar-refractivity contribution >= 4 is 29.2 Å². The Labute approximate surface area is 215 Å². The number of aliphatic carboxylic acids is 1. The molecule has 2 aromatic heterocycles. The molecule has 10 nitrogen and oxygen atoms in total. The number of phenolic OH excluding ortho intramolecular Hbond substituents is 1. The molecule has 196 valence electrons. The van der Waals surface area contributed by atoms with Crippen molar-refractivity contribution in [1.82, 2.24) is 19.9 Å². The summed E-state index contributed by atoms with van der Waals surface area (Å²) in [5.41, 5.74) is 1.41. The second-order valence-corrected chi connectivity index (χ2v) is 8.99. The lowest BCUT2D eigenvalue weighted by Crippen LogP contribution is -2.44. The molecular formula is C26H24F2N6O4. The van der Waals surface area contributed by atoms with Crippen molar-refractivity contribution < 1.29 is 28.6 Å². The average molecular weight is 523 g/mol. The van der Waals surface area contributed by atoms with Crippen LogP contribution in [0.15, 0.2) is 60.9 Å². The minimum Gasteiger partial charge on any atom is -0.508 e. The predicted molar refractivity (Wildman–Crippen MR) is 134 cm³/mol. The molecule has 1 aliphatic rings. The number of carbonyl (C=O) groups is 2. The molecule has 0 aliphatic carbocycles. The van der Waals surface area contributed by atoms with E-state index in [1.165, 1.54) is 28.9 Å². The van der Waals surface area contributed by atoms with Crippen LogP contribution in [-0.2, 0) is 11.2 Å². The lowest BCUT2D eigenvalue weighted by atomic mass is 10.0. The zero-order valence-corrected chi connectivity index (χ0v) is 20.0. The van der Waals surface area contributed by atoms with Gasteiger partial charge in [-0.2, -0.15) is 5.10 Å². The van der Waals surface area contributed by atoms with Crippen LogP contribution in [0.3, 0.4) is 0 Å². The van der Waals surface area contributed by atoms with E-state index in [2.05, 4.69) is 20.7 Å². The van der Waals surface area contributed by atoms with Crippen LogP contribution in [0.1, 0.15) is 30.0 Å². The van der Waals surface area contributed by atoms with Crippen molar-refractivity contribution in [3.63, 3.8) is 0 Å². The van der Waals surface area contributed by atoms with Gasteiger partial charge in [0.25, 0.3) is 0 Å². The molecule has 1 aliphatic heterocycles. The van der Waals surface area contributed by atoms with Crippen LogP contribution < -0.4 is 15.5 Å². The van der Waals surface area contributed by atoms with E-state index in [1.54, 1.807) is 24.4 Å². The Hall–Kier alpha value is -4.74. The van der Waals surface area contributed by atoms with Crippen LogP contribution in [-0.4, -0.2) is 49.4 Å². The molecule has 2 unspecified atom stereocenters. The van der Waals surface area contributed by atoms with E-state index >= 15 is 0 Å². The first-order chi connectivity index (χ1) is 18.3. The van der Waals surface area contributed by atoms with E-state index in [1.807, 2.05) is 4.90 Å². The Morgan fingerprint density at radius 2 is 1.92 bits per heavy atom. The predicted octanol–water partition coefficient (Wildman–Crippen LogP) is 3.87. The first kappa shape index (κ1) is 24.9. The molecule has 4 aromatic rings. The number of aromatic hydroxyl groups is 1. The van der Waals surface area contributed by atoms with Gasteiger partial charge in [-0.05, 0) is 54.8 Å². The second-order valence-electron chi connectivity index (χ2n) is 8.99. The molecule has 0 spiro atoms. The minimum absolute atomic E-state index is 0.00712. The van der Waals surface area contributed by atoms with Gasteiger partial charge < -0.3 is 25.7 Å². The summed E-state index contributed by atoms with van der Waals surface area (Å²) in [5, 5.41) is 28.2. The van der Waals surface area contributed by atoms with Crippen molar-refractivity contribution in [2.45, 2.75) is 31.3 Å². The molecule has 4 N–H and O–H groups in total. The third-order valence-corrected chi connectivity index (χ3v) is 6.45. The number of rotatable bonds is 7. The number of hydrogen-bond donors (Lipinski definition) is 4. The van der Waals surface area contributed by atoms with Crippen LogP contribution in [0.5, 0.6) is 5.75 Å². The number of hydrogen-bond acceptors (Lipinski definition) is 6. The highest BCUT2D eigenvalue weighted by Crippen LogP contribution is 2.37. The standard InChI is InChI=1S/C26H24F2N6O4/c27-16-5-8-19(28)18(13-16)22-2-1-10-33(22)23-9-11-34-24(32-23)21(14-29-34)31-26(38)30-20(25(36)37)12-15-3-6-17(35)7-4-15/h3-9,11,13-14,20,22,35H,1-2,10,12H2,(H,36,37)(H2,30,31,38). The van der Waals surface area contributed by atoms with E-state index < -0.39 is 35.7 Å². The van der Waals surface area contributed by atoms with Crippen LogP contribution in [0, 0.1) is 11.6 Å². The van der Waals surface area contributed by atoms with Crippen molar-refractivity contribution in [2.75, 3.05) is 16.8 Å². The summed E-state index contributed by atoms with van der Waals surface area (Å²) in [6.45, 7) is 0.582. The van der Waals surface area contributed by atoms with Crippen LogP contribution in [0.25, 0.3) is 5.65 Å². The number of nitrogens with zero attached hydrogens (tertiary/aromatic N) is 4. The maximum Gasteiger partial charge on any atom is 0.326 e. The van der Waals surface area contributed by atoms with Gasteiger partial charge in [-0.1, -0.05) is 12.1 Å². The normalized spacial score (nSPS) is 15.9. The topological polar surface area (TPSA) is 132 Å². The molecule has 2 aromatic carbocycles. The monoisotopic (exact) mass is 522 g/mol. The molecule has 2 atom stereocenters. The van der Waals surface area contributed by atoms with E-state index in [0.717, 1.165) is 18.6 Å². The molecule has 38 heavy (non-hydrogen) atoms. The first-order valence-electron chi connectivity index (χ1n) is 11.9. The Balaban J connectivity index is 1.34. The Bertz CT molecular complexity index is 1490. The Morgan fingerprint density at radius 1 is 1.13 bits per heavy atom. The highest BCUT2D eigenvalue weighted by atomic mass is 19.1. The fourth-order valence-corrected chi connectivity index (χ4v) is 4.63. The summed E-state index contributed by atoms with van der Waals surface area (Å²) in [6, 6.07) is 8.72. The summed E-state index contributed by atoms with van der Waals surface area (Å²) < 4.78 is 29.8. The van der Waals surface area contributed by atoms with Crippen molar-refractivity contribution in [3.8, 4) is 5.75 Å². The fourth-order valence-electron chi connectivity index (χ4n) is 4.63. The molecule has 0 bridgehead atoms. The zero-order chi connectivity index (χ0) is 26.8. The van der Waals surface area contributed by atoms with Crippen LogP contribution >= 0.6 is 0 Å². The number of phenols is 1.